The van der Waals surface area contributed by atoms with Gasteiger partial charge in [0.2, 0.25) is 0 Å². The zero-order valence-electron chi connectivity index (χ0n) is 10.1. The molecule has 0 spiro atoms. The van der Waals surface area contributed by atoms with Crippen molar-refractivity contribution in [2.75, 3.05) is 13.1 Å². The third-order valence-corrected chi connectivity index (χ3v) is 3.29. The maximum Gasteiger partial charge on any atom is 0.161 e. The predicted octanol–water partition coefficient (Wildman–Crippen LogP) is 2.49. The van der Waals surface area contributed by atoms with Crippen molar-refractivity contribution in [1.29, 1.82) is 0 Å². The molecule has 1 saturated carbocycles. The molecule has 1 aliphatic carbocycles. The van der Waals surface area contributed by atoms with Crippen LogP contribution in [0.3, 0.4) is 0 Å². The highest BCUT2D eigenvalue weighted by Gasteiger charge is 2.22. The summed E-state index contributed by atoms with van der Waals surface area (Å²) >= 11 is 0. The number of nitrogens with two attached hydrogens (primary N) is 1. The molecule has 2 nitrogen and oxygen atoms in total. The summed E-state index contributed by atoms with van der Waals surface area (Å²) < 4.78 is 39.5. The first kappa shape index (κ1) is 13.4. The monoisotopic (exact) mass is 258 g/mol. The lowest BCUT2D eigenvalue weighted by atomic mass is 10.1. The normalized spacial score (nSPS) is 16.9. The zero-order chi connectivity index (χ0) is 13.1. The van der Waals surface area contributed by atoms with Crippen molar-refractivity contribution < 1.29 is 13.2 Å². The average molecular weight is 258 g/mol. The first-order valence-electron chi connectivity index (χ1n) is 6.19. The van der Waals surface area contributed by atoms with Gasteiger partial charge in [0, 0.05) is 24.2 Å². The maximum absolute atomic E-state index is 13.6. The Morgan fingerprint density at radius 3 is 2.44 bits per heavy atom. The Bertz CT molecular complexity index is 419. The molecule has 1 fully saturated rings. The average Bonchev–Trinajstić information content (AvgIpc) is 3.14. The van der Waals surface area contributed by atoms with Crippen LogP contribution in [0.4, 0.5) is 13.2 Å². The SMILES string of the molecule is NCC(NCCC1CC1)c1cc(F)c(F)cc1F. The Labute approximate surface area is 104 Å². The maximum atomic E-state index is 13.6. The highest BCUT2D eigenvalue weighted by atomic mass is 19.2. The van der Waals surface area contributed by atoms with Crippen molar-refractivity contribution in [2.45, 2.75) is 25.3 Å². The topological polar surface area (TPSA) is 38.0 Å². The van der Waals surface area contributed by atoms with E-state index in [0.29, 0.717) is 12.6 Å². The molecule has 100 valence electrons. The van der Waals surface area contributed by atoms with Crippen LogP contribution in [0.5, 0.6) is 0 Å². The van der Waals surface area contributed by atoms with E-state index in [-0.39, 0.29) is 12.1 Å². The largest absolute Gasteiger partial charge is 0.329 e. The van der Waals surface area contributed by atoms with Crippen LogP contribution in [0.25, 0.3) is 0 Å². The molecule has 1 atom stereocenters. The Morgan fingerprint density at radius 2 is 1.83 bits per heavy atom. The third-order valence-electron chi connectivity index (χ3n) is 3.29. The molecule has 2 rings (SSSR count). The van der Waals surface area contributed by atoms with Crippen LogP contribution in [0.1, 0.15) is 30.9 Å². The van der Waals surface area contributed by atoms with Crippen LogP contribution < -0.4 is 11.1 Å². The molecule has 0 saturated heterocycles. The van der Waals surface area contributed by atoms with Gasteiger partial charge < -0.3 is 11.1 Å². The Hall–Kier alpha value is -1.07. The molecular formula is C13H17F3N2. The molecule has 5 heteroatoms. The van der Waals surface area contributed by atoms with Crippen LogP contribution in [0.2, 0.25) is 0 Å². The molecule has 0 amide bonds. The fraction of sp³-hybridized carbons (Fsp3) is 0.538. The molecule has 0 aromatic heterocycles. The van der Waals surface area contributed by atoms with E-state index in [1.54, 1.807) is 0 Å². The zero-order valence-corrected chi connectivity index (χ0v) is 10.1. The summed E-state index contributed by atoms with van der Waals surface area (Å²) in [4.78, 5) is 0. The predicted molar refractivity (Wildman–Crippen MR) is 63.5 cm³/mol. The van der Waals surface area contributed by atoms with Crippen LogP contribution in [0, 0.1) is 23.4 Å². The van der Waals surface area contributed by atoms with E-state index < -0.39 is 23.5 Å². The van der Waals surface area contributed by atoms with Gasteiger partial charge in [0.25, 0.3) is 0 Å². The van der Waals surface area contributed by atoms with Gasteiger partial charge in [-0.3, -0.25) is 0 Å². The van der Waals surface area contributed by atoms with E-state index in [9.17, 15) is 13.2 Å². The fourth-order valence-electron chi connectivity index (χ4n) is 1.99. The molecule has 0 bridgehead atoms. The van der Waals surface area contributed by atoms with Gasteiger partial charge in [-0.05, 0) is 24.9 Å². The standard InChI is InChI=1S/C13H17F3N2/c14-10-6-12(16)11(15)5-9(10)13(7-17)18-4-3-8-1-2-8/h5-6,8,13,18H,1-4,7,17H2. The van der Waals surface area contributed by atoms with Crippen molar-refractivity contribution >= 4 is 0 Å². The van der Waals surface area contributed by atoms with E-state index >= 15 is 0 Å². The summed E-state index contributed by atoms with van der Waals surface area (Å²) in [5.41, 5.74) is 5.64. The molecule has 1 aromatic rings. The van der Waals surface area contributed by atoms with Gasteiger partial charge in [0.05, 0.1) is 0 Å². The molecule has 18 heavy (non-hydrogen) atoms. The van der Waals surface area contributed by atoms with Crippen molar-refractivity contribution in [2.24, 2.45) is 11.7 Å². The van der Waals surface area contributed by atoms with Gasteiger partial charge in [-0.25, -0.2) is 13.2 Å². The fourth-order valence-corrected chi connectivity index (χ4v) is 1.99. The number of nitrogens with one attached hydrogen (secondary N) is 1. The minimum Gasteiger partial charge on any atom is -0.329 e. The number of hydrogen-bond donors (Lipinski definition) is 2. The van der Waals surface area contributed by atoms with Gasteiger partial charge in [-0.2, -0.15) is 0 Å². The summed E-state index contributed by atoms with van der Waals surface area (Å²) in [6, 6.07) is 0.973. The van der Waals surface area contributed by atoms with Crippen LogP contribution >= 0.6 is 0 Å². The molecule has 3 N–H and O–H groups in total. The minimum atomic E-state index is -1.18. The number of halogens is 3. The van der Waals surface area contributed by atoms with Gasteiger partial charge in [0.15, 0.2) is 11.6 Å². The molecule has 1 aromatic carbocycles. The molecule has 1 aliphatic rings. The van der Waals surface area contributed by atoms with Crippen molar-refractivity contribution in [3.05, 3.63) is 35.1 Å². The minimum absolute atomic E-state index is 0.0900. The van der Waals surface area contributed by atoms with Gasteiger partial charge >= 0.3 is 0 Å². The molecule has 1 unspecified atom stereocenters. The smallest absolute Gasteiger partial charge is 0.161 e. The van der Waals surface area contributed by atoms with Crippen molar-refractivity contribution in [3.8, 4) is 0 Å². The van der Waals surface area contributed by atoms with E-state index in [1.165, 1.54) is 12.8 Å². The number of hydrogen-bond acceptors (Lipinski definition) is 2. The summed E-state index contributed by atoms with van der Waals surface area (Å²) in [7, 11) is 0. The highest BCUT2D eigenvalue weighted by molar-refractivity contribution is 5.23. The van der Waals surface area contributed by atoms with Crippen molar-refractivity contribution in [3.63, 3.8) is 0 Å². The highest BCUT2D eigenvalue weighted by Crippen LogP contribution is 2.32. The van der Waals surface area contributed by atoms with Crippen LogP contribution in [0.15, 0.2) is 12.1 Å². The molecular weight excluding hydrogens is 241 g/mol. The lowest BCUT2D eigenvalue weighted by Gasteiger charge is -2.18. The second kappa shape index (κ2) is 5.71. The lowest BCUT2D eigenvalue weighted by molar-refractivity contribution is 0.461. The number of rotatable bonds is 6. The first-order valence-corrected chi connectivity index (χ1v) is 6.19. The molecule has 0 heterocycles. The summed E-state index contributed by atoms with van der Waals surface area (Å²) in [5.74, 6) is -2.23. The van der Waals surface area contributed by atoms with Gasteiger partial charge in [-0.15, -0.1) is 0 Å². The van der Waals surface area contributed by atoms with Gasteiger partial charge in [0.1, 0.15) is 5.82 Å². The van der Waals surface area contributed by atoms with E-state index in [4.69, 9.17) is 5.73 Å². The third kappa shape index (κ3) is 3.23. The van der Waals surface area contributed by atoms with E-state index in [1.807, 2.05) is 0 Å². The Kier molecular flexibility index (Phi) is 4.24. The summed E-state index contributed by atoms with van der Waals surface area (Å²) in [6.07, 6.45) is 3.50. The molecule has 0 aliphatic heterocycles. The van der Waals surface area contributed by atoms with Crippen molar-refractivity contribution in [1.82, 2.24) is 5.32 Å². The number of benzene rings is 1. The van der Waals surface area contributed by atoms with Crippen LogP contribution in [-0.4, -0.2) is 13.1 Å². The van der Waals surface area contributed by atoms with E-state index in [2.05, 4.69) is 5.32 Å². The van der Waals surface area contributed by atoms with E-state index in [0.717, 1.165) is 18.4 Å². The second-order valence-electron chi connectivity index (χ2n) is 4.76. The Balaban J connectivity index is 2.03. The first-order chi connectivity index (χ1) is 8.61. The summed E-state index contributed by atoms with van der Waals surface area (Å²) in [5, 5.41) is 3.09. The second-order valence-corrected chi connectivity index (χ2v) is 4.76. The lowest BCUT2D eigenvalue weighted by Crippen LogP contribution is -2.30. The molecule has 0 radical (unpaired) electrons. The van der Waals surface area contributed by atoms with Crippen LogP contribution in [-0.2, 0) is 0 Å². The summed E-state index contributed by atoms with van der Waals surface area (Å²) in [6.45, 7) is 0.859. The quantitative estimate of drug-likeness (QED) is 0.769. The van der Waals surface area contributed by atoms with Gasteiger partial charge in [-0.1, -0.05) is 12.8 Å². The Morgan fingerprint density at radius 1 is 1.17 bits per heavy atom.